The highest BCUT2D eigenvalue weighted by molar-refractivity contribution is 8.05. The molecule has 0 aliphatic heterocycles. The van der Waals surface area contributed by atoms with Crippen molar-refractivity contribution < 1.29 is 23.2 Å². The Labute approximate surface area is 95.7 Å². The zero-order chi connectivity index (χ0) is 13.4. The van der Waals surface area contributed by atoms with Crippen LogP contribution in [-0.4, -0.2) is 23.7 Å². The molecule has 3 N–H and O–H groups in total. The van der Waals surface area contributed by atoms with E-state index in [4.69, 9.17) is 10.8 Å². The van der Waals surface area contributed by atoms with Gasteiger partial charge < -0.3 is 10.8 Å². The Balaban J connectivity index is 3.65. The molecule has 1 rings (SSSR count). The van der Waals surface area contributed by atoms with Crippen LogP contribution < -0.4 is 5.73 Å². The smallest absolute Gasteiger partial charge is 0.427 e. The first kappa shape index (κ1) is 12.9. The van der Waals surface area contributed by atoms with Crippen molar-refractivity contribution in [3.8, 4) is 0 Å². The summed E-state index contributed by atoms with van der Waals surface area (Å²) in [6, 6.07) is 1.64. The van der Waals surface area contributed by atoms with Gasteiger partial charge in [0.2, 0.25) is 0 Å². The van der Waals surface area contributed by atoms with Gasteiger partial charge in [0.15, 0.2) is 0 Å². The fourth-order valence-corrected chi connectivity index (χ4v) is 2.16. The Kier molecular flexibility index (Phi) is 3.05. The van der Waals surface area contributed by atoms with Crippen LogP contribution in [0, 0.1) is 17.0 Å². The number of carboxylic acid groups (broad SMARTS) is 1. The number of sulfone groups is 1. The largest absolute Gasteiger partial charge is 0.469 e. The predicted molar refractivity (Wildman–Crippen MR) is 57.5 cm³/mol. The number of anilines is 1. The van der Waals surface area contributed by atoms with Crippen molar-refractivity contribution in [1.29, 1.82) is 0 Å². The molecule has 0 amide bonds. The molecule has 0 aliphatic rings. The second-order valence-electron chi connectivity index (χ2n) is 3.18. The highest BCUT2D eigenvalue weighted by atomic mass is 32.2. The average Bonchev–Trinajstić information content (AvgIpc) is 2.20. The lowest BCUT2D eigenvalue weighted by Gasteiger charge is -2.06. The van der Waals surface area contributed by atoms with Crippen LogP contribution in [0.25, 0.3) is 0 Å². The number of benzene rings is 1. The molecular weight excluding hydrogens is 252 g/mol. The lowest BCUT2D eigenvalue weighted by atomic mass is 10.2. The number of nitrogens with zero attached hydrogens (tertiary/aromatic N) is 1. The van der Waals surface area contributed by atoms with Crippen molar-refractivity contribution in [2.75, 3.05) is 5.73 Å². The normalized spacial score (nSPS) is 11.1. The van der Waals surface area contributed by atoms with Gasteiger partial charge in [-0.3, -0.25) is 10.1 Å². The second kappa shape index (κ2) is 4.01. The average molecular weight is 260 g/mol. The van der Waals surface area contributed by atoms with E-state index in [-0.39, 0.29) is 11.3 Å². The summed E-state index contributed by atoms with van der Waals surface area (Å²) in [6.07, 6.45) is 0. The van der Waals surface area contributed by atoms with Crippen LogP contribution >= 0.6 is 0 Å². The lowest BCUT2D eigenvalue weighted by Crippen LogP contribution is -2.14. The molecule has 0 saturated heterocycles. The van der Waals surface area contributed by atoms with Crippen molar-refractivity contribution in [3.63, 3.8) is 0 Å². The number of non-ortho nitro benzene ring substituents is 1. The van der Waals surface area contributed by atoms with Gasteiger partial charge >= 0.3 is 5.30 Å². The lowest BCUT2D eigenvalue weighted by molar-refractivity contribution is -0.385. The van der Waals surface area contributed by atoms with E-state index < -0.39 is 30.6 Å². The van der Waals surface area contributed by atoms with Crippen molar-refractivity contribution in [1.82, 2.24) is 0 Å². The highest BCUT2D eigenvalue weighted by Crippen LogP contribution is 2.28. The van der Waals surface area contributed by atoms with E-state index >= 15 is 0 Å². The summed E-state index contributed by atoms with van der Waals surface area (Å²) < 4.78 is 22.8. The molecule has 0 fully saturated rings. The molecule has 0 aromatic heterocycles. The molecule has 17 heavy (non-hydrogen) atoms. The minimum absolute atomic E-state index is 0.0296. The van der Waals surface area contributed by atoms with Crippen molar-refractivity contribution >= 4 is 26.5 Å². The Hall–Kier alpha value is -2.16. The fraction of sp³-hybridized carbons (Fsp3) is 0.125. The van der Waals surface area contributed by atoms with Crippen LogP contribution in [0.1, 0.15) is 5.56 Å². The first-order chi connectivity index (χ1) is 7.67. The summed E-state index contributed by atoms with van der Waals surface area (Å²) in [6.45, 7) is 1.27. The van der Waals surface area contributed by atoms with E-state index in [1.54, 1.807) is 0 Å². The Morgan fingerprint density at radius 1 is 1.47 bits per heavy atom. The molecule has 0 radical (unpaired) electrons. The van der Waals surface area contributed by atoms with E-state index in [0.717, 1.165) is 6.07 Å². The topological polar surface area (TPSA) is 141 Å². The number of rotatable bonds is 2. The number of hydrogen-bond donors (Lipinski definition) is 2. The summed E-state index contributed by atoms with van der Waals surface area (Å²) in [5, 5.41) is 17.0. The Morgan fingerprint density at radius 2 is 2.00 bits per heavy atom. The zero-order valence-electron chi connectivity index (χ0n) is 8.58. The molecule has 0 saturated carbocycles. The molecule has 0 heterocycles. The summed E-state index contributed by atoms with van der Waals surface area (Å²) >= 11 is 0. The van der Waals surface area contributed by atoms with Gasteiger partial charge in [-0.25, -0.2) is 13.2 Å². The van der Waals surface area contributed by atoms with E-state index in [1.165, 1.54) is 6.92 Å². The number of nitro groups is 1. The third kappa shape index (κ3) is 2.18. The molecule has 0 atom stereocenters. The van der Waals surface area contributed by atoms with Crippen molar-refractivity contribution in [2.45, 2.75) is 11.8 Å². The third-order valence-electron chi connectivity index (χ3n) is 2.12. The van der Waals surface area contributed by atoms with Crippen LogP contribution in [0.3, 0.4) is 0 Å². The molecule has 9 heteroatoms. The third-order valence-corrected chi connectivity index (χ3v) is 3.58. The van der Waals surface area contributed by atoms with Crippen LogP contribution in [0.5, 0.6) is 0 Å². The van der Waals surface area contributed by atoms with E-state index in [2.05, 4.69) is 0 Å². The number of nitrogens with two attached hydrogens (primary N) is 1. The summed E-state index contributed by atoms with van der Waals surface area (Å²) in [5.74, 6) is 0. The maximum Gasteiger partial charge on any atom is 0.427 e. The van der Waals surface area contributed by atoms with Crippen LogP contribution in [0.15, 0.2) is 17.0 Å². The van der Waals surface area contributed by atoms with Gasteiger partial charge in [-0.2, -0.15) is 0 Å². The van der Waals surface area contributed by atoms with Gasteiger partial charge in [0.1, 0.15) is 0 Å². The number of hydrogen-bond acceptors (Lipinski definition) is 6. The molecule has 0 bridgehead atoms. The fourth-order valence-electron chi connectivity index (χ4n) is 1.17. The first-order valence-electron chi connectivity index (χ1n) is 4.20. The zero-order valence-corrected chi connectivity index (χ0v) is 9.39. The van der Waals surface area contributed by atoms with Gasteiger partial charge in [0.05, 0.1) is 9.82 Å². The quantitative estimate of drug-likeness (QED) is 0.457. The molecular formula is C8H8N2O6S. The van der Waals surface area contributed by atoms with Gasteiger partial charge in [-0.05, 0) is 12.5 Å². The van der Waals surface area contributed by atoms with Crippen molar-refractivity contribution in [2.24, 2.45) is 0 Å². The van der Waals surface area contributed by atoms with E-state index in [0.29, 0.717) is 6.07 Å². The molecule has 0 spiro atoms. The van der Waals surface area contributed by atoms with Gasteiger partial charge in [0, 0.05) is 17.8 Å². The van der Waals surface area contributed by atoms with Gasteiger partial charge in [-0.1, -0.05) is 0 Å². The standard InChI is InChI=1S/C8H8N2O6S/c1-4-6(9)2-5(10(13)14)3-7(4)17(15,16)8(11)12/h2-3H,9H2,1H3,(H,11,12). The minimum atomic E-state index is -4.65. The number of nitro benzene ring substituents is 1. The first-order valence-corrected chi connectivity index (χ1v) is 5.68. The van der Waals surface area contributed by atoms with E-state index in [1.807, 2.05) is 0 Å². The summed E-state index contributed by atoms with van der Waals surface area (Å²) in [4.78, 5) is 19.6. The minimum Gasteiger partial charge on any atom is -0.469 e. The molecule has 0 aliphatic carbocycles. The van der Waals surface area contributed by atoms with Gasteiger partial charge in [0.25, 0.3) is 15.5 Å². The summed E-state index contributed by atoms with van der Waals surface area (Å²) in [5.41, 5.74) is 4.63. The second-order valence-corrected chi connectivity index (χ2v) is 4.98. The van der Waals surface area contributed by atoms with Crippen LogP contribution in [0.2, 0.25) is 0 Å². The molecule has 8 nitrogen and oxygen atoms in total. The maximum absolute atomic E-state index is 11.4. The van der Waals surface area contributed by atoms with Gasteiger partial charge in [-0.15, -0.1) is 0 Å². The van der Waals surface area contributed by atoms with Crippen LogP contribution in [-0.2, 0) is 9.84 Å². The van der Waals surface area contributed by atoms with E-state index in [9.17, 15) is 23.3 Å². The molecule has 92 valence electrons. The Bertz CT molecular complexity index is 607. The van der Waals surface area contributed by atoms with Crippen molar-refractivity contribution in [3.05, 3.63) is 27.8 Å². The highest BCUT2D eigenvalue weighted by Gasteiger charge is 2.29. The van der Waals surface area contributed by atoms with Crippen LogP contribution in [0.4, 0.5) is 16.2 Å². The summed E-state index contributed by atoms with van der Waals surface area (Å²) in [7, 11) is -4.65. The molecule has 1 aromatic carbocycles. The SMILES string of the molecule is Cc1c(N)cc([N+](=O)[O-])cc1S(=O)(=O)C(=O)O. The number of nitrogen functional groups attached to an aromatic ring is 1. The molecule has 0 unspecified atom stereocenters. The predicted octanol–water partition coefficient (Wildman–Crippen LogP) is 0.937. The maximum atomic E-state index is 11.4. The number of carbonyl (C=O) groups is 1. The monoisotopic (exact) mass is 260 g/mol. The Morgan fingerprint density at radius 3 is 2.41 bits per heavy atom. The molecule has 1 aromatic rings.